The van der Waals surface area contributed by atoms with Gasteiger partial charge in [-0.2, -0.15) is 0 Å². The van der Waals surface area contributed by atoms with E-state index in [0.717, 1.165) is 11.9 Å². The highest BCUT2D eigenvalue weighted by Gasteiger charge is 2.20. The zero-order valence-electron chi connectivity index (χ0n) is 16.0. The molecule has 4 N–H and O–H groups in total. The van der Waals surface area contributed by atoms with E-state index >= 15 is 0 Å². The fourth-order valence-electron chi connectivity index (χ4n) is 3.67. The number of carbonyl (C=O) groups excluding carboxylic acids is 1. The molecule has 0 atom stereocenters. The number of nitrogens with zero attached hydrogens (tertiary/aromatic N) is 1. The summed E-state index contributed by atoms with van der Waals surface area (Å²) in [5.74, 6) is 0. The molecule has 4 rings (SSSR count). The number of sulfonamides is 1. The van der Waals surface area contributed by atoms with Crippen molar-refractivity contribution >= 4 is 38.2 Å². The Morgan fingerprint density at radius 3 is 2.72 bits per heavy atom. The normalized spacial score (nSPS) is 14.7. The average molecular weight is 410 g/mol. The first-order valence-electron chi connectivity index (χ1n) is 9.28. The molecule has 0 fully saturated rings. The number of aromatic amines is 1. The number of hydrogen-bond acceptors (Lipinski definition) is 3. The molecule has 7 nitrogen and oxygen atoms in total. The highest BCUT2D eigenvalue weighted by atomic mass is 32.2. The van der Waals surface area contributed by atoms with Gasteiger partial charge in [0.05, 0.1) is 4.90 Å². The molecule has 0 saturated heterocycles. The zero-order valence-corrected chi connectivity index (χ0v) is 16.8. The minimum Gasteiger partial charge on any atom is -0.361 e. The summed E-state index contributed by atoms with van der Waals surface area (Å²) < 4.78 is 23.0. The number of benzene rings is 2. The Kier molecular flexibility index (Phi) is 4.89. The second kappa shape index (κ2) is 7.38. The molecule has 0 unspecified atom stereocenters. The van der Waals surface area contributed by atoms with Crippen LogP contribution in [0.5, 0.6) is 0 Å². The Balaban J connectivity index is 1.49. The Labute approximate surface area is 169 Å². The molecule has 1 aliphatic heterocycles. The van der Waals surface area contributed by atoms with Crippen molar-refractivity contribution in [3.63, 3.8) is 0 Å². The van der Waals surface area contributed by atoms with Gasteiger partial charge < -0.3 is 15.2 Å². The minimum absolute atomic E-state index is 0.0363. The molecule has 0 saturated carbocycles. The fourth-order valence-corrected chi connectivity index (χ4v) is 4.23. The van der Waals surface area contributed by atoms with E-state index in [9.17, 15) is 13.2 Å². The number of nitrogens with two attached hydrogens (primary N) is 1. The van der Waals surface area contributed by atoms with Crippen LogP contribution >= 0.6 is 0 Å². The van der Waals surface area contributed by atoms with Gasteiger partial charge in [0.15, 0.2) is 0 Å². The van der Waals surface area contributed by atoms with Gasteiger partial charge in [0.2, 0.25) is 10.0 Å². The summed E-state index contributed by atoms with van der Waals surface area (Å²) in [6, 6.07) is 11.8. The van der Waals surface area contributed by atoms with Crippen molar-refractivity contribution in [2.45, 2.75) is 18.2 Å². The summed E-state index contributed by atoms with van der Waals surface area (Å²) >= 11 is 0. The van der Waals surface area contributed by atoms with E-state index in [-0.39, 0.29) is 10.9 Å². The second-order valence-corrected chi connectivity index (χ2v) is 8.69. The van der Waals surface area contributed by atoms with E-state index in [1.165, 1.54) is 34.2 Å². The smallest absolute Gasteiger partial charge is 0.322 e. The number of anilines is 1. The summed E-state index contributed by atoms with van der Waals surface area (Å²) in [6.07, 6.45) is 4.84. The second-order valence-electron chi connectivity index (χ2n) is 7.13. The highest BCUT2D eigenvalue weighted by molar-refractivity contribution is 7.89. The van der Waals surface area contributed by atoms with Crippen LogP contribution in [-0.4, -0.2) is 37.4 Å². The molecule has 1 aromatic heterocycles. The number of carbonyl (C=O) groups is 1. The van der Waals surface area contributed by atoms with E-state index < -0.39 is 10.0 Å². The number of hydrogen-bond donors (Lipinski definition) is 3. The first kappa shape index (κ1) is 19.2. The van der Waals surface area contributed by atoms with Crippen LogP contribution < -0.4 is 10.5 Å². The van der Waals surface area contributed by atoms with Crippen molar-refractivity contribution in [1.82, 2.24) is 9.88 Å². The number of amides is 2. The lowest BCUT2D eigenvalue weighted by Gasteiger charge is -2.27. The van der Waals surface area contributed by atoms with Gasteiger partial charge >= 0.3 is 6.03 Å². The lowest BCUT2D eigenvalue weighted by Crippen LogP contribution is -2.37. The molecule has 29 heavy (non-hydrogen) atoms. The zero-order chi connectivity index (χ0) is 20.6. The molecular weight excluding hydrogens is 388 g/mol. The molecule has 2 amide bonds. The number of rotatable bonds is 3. The lowest BCUT2D eigenvalue weighted by molar-refractivity contribution is 0.217. The van der Waals surface area contributed by atoms with Gasteiger partial charge in [-0.15, -0.1) is 0 Å². The monoisotopic (exact) mass is 410 g/mol. The van der Waals surface area contributed by atoms with Crippen LogP contribution in [-0.2, 0) is 10.0 Å². The van der Waals surface area contributed by atoms with Gasteiger partial charge in [-0.25, -0.2) is 18.4 Å². The van der Waals surface area contributed by atoms with Gasteiger partial charge in [-0.1, -0.05) is 24.3 Å². The van der Waals surface area contributed by atoms with Crippen LogP contribution in [0.2, 0.25) is 0 Å². The lowest BCUT2D eigenvalue weighted by atomic mass is 9.97. The summed E-state index contributed by atoms with van der Waals surface area (Å²) in [4.78, 5) is 17.6. The third-order valence-corrected chi connectivity index (χ3v) is 6.08. The van der Waals surface area contributed by atoms with Crippen LogP contribution in [0.15, 0.2) is 59.6 Å². The number of aromatic nitrogens is 1. The average Bonchev–Trinajstić information content (AvgIpc) is 3.13. The number of primary sulfonamides is 1. The number of H-pyrrole nitrogens is 1. The summed E-state index contributed by atoms with van der Waals surface area (Å²) in [7, 11) is -3.82. The number of aryl methyl sites for hydroxylation is 1. The van der Waals surface area contributed by atoms with Crippen molar-refractivity contribution in [3.8, 4) is 0 Å². The predicted octanol–water partition coefficient (Wildman–Crippen LogP) is 3.44. The van der Waals surface area contributed by atoms with Crippen molar-refractivity contribution in [2.24, 2.45) is 5.14 Å². The van der Waals surface area contributed by atoms with Crippen molar-refractivity contribution in [1.29, 1.82) is 0 Å². The maximum absolute atomic E-state index is 12.6. The van der Waals surface area contributed by atoms with E-state index in [1.54, 1.807) is 17.0 Å². The Bertz CT molecular complexity index is 1230. The summed E-state index contributed by atoms with van der Waals surface area (Å²) in [6.45, 7) is 3.15. The van der Waals surface area contributed by atoms with Crippen LogP contribution in [0.4, 0.5) is 10.5 Å². The van der Waals surface area contributed by atoms with Crippen molar-refractivity contribution in [3.05, 3.63) is 65.9 Å². The molecule has 0 bridgehead atoms. The van der Waals surface area contributed by atoms with Crippen LogP contribution in [0.3, 0.4) is 0 Å². The number of urea groups is 1. The molecule has 2 aromatic carbocycles. The SMILES string of the molecule is Cc1cccc2[nH]cc(C3=CCN(C(=O)Nc4cccc(S(N)(=O)=O)c4)CC3)c12. The highest BCUT2D eigenvalue weighted by Crippen LogP contribution is 2.31. The predicted molar refractivity (Wildman–Crippen MR) is 114 cm³/mol. The van der Waals surface area contributed by atoms with Gasteiger partial charge in [0, 0.05) is 41.4 Å². The minimum atomic E-state index is -3.82. The topological polar surface area (TPSA) is 108 Å². The molecule has 0 aliphatic carbocycles. The number of fused-ring (bicyclic) bond motifs is 1. The third-order valence-electron chi connectivity index (χ3n) is 5.17. The van der Waals surface area contributed by atoms with Crippen molar-refractivity contribution in [2.75, 3.05) is 18.4 Å². The molecule has 2 heterocycles. The molecule has 0 radical (unpaired) electrons. The maximum atomic E-state index is 12.6. The Morgan fingerprint density at radius 1 is 1.21 bits per heavy atom. The molecule has 8 heteroatoms. The van der Waals surface area contributed by atoms with Gasteiger partial charge in [0.25, 0.3) is 0 Å². The van der Waals surface area contributed by atoms with Crippen LogP contribution in [0.1, 0.15) is 17.5 Å². The van der Waals surface area contributed by atoms with Crippen LogP contribution in [0, 0.1) is 6.92 Å². The first-order chi connectivity index (χ1) is 13.8. The first-order valence-corrected chi connectivity index (χ1v) is 10.8. The molecular formula is C21H22N4O3S. The quantitative estimate of drug-likeness (QED) is 0.615. The number of nitrogens with one attached hydrogen (secondary N) is 2. The molecule has 0 spiro atoms. The van der Waals surface area contributed by atoms with Gasteiger partial charge in [-0.3, -0.25) is 0 Å². The van der Waals surface area contributed by atoms with E-state index in [0.29, 0.717) is 18.8 Å². The van der Waals surface area contributed by atoms with Crippen LogP contribution in [0.25, 0.3) is 16.5 Å². The standard InChI is InChI=1S/C21H22N4O3S/c1-14-4-2-7-19-20(14)18(13-23-19)15-8-10-25(11-9-15)21(26)24-16-5-3-6-17(12-16)29(22,27)28/h2-8,12-13,23H,9-11H2,1H3,(H,24,26)(H2,22,27,28). The fraction of sp³-hybridized carbons (Fsp3) is 0.190. The van der Waals surface area contributed by atoms with Crippen molar-refractivity contribution < 1.29 is 13.2 Å². The Morgan fingerprint density at radius 2 is 2.00 bits per heavy atom. The van der Waals surface area contributed by atoms with E-state index in [4.69, 9.17) is 5.14 Å². The third kappa shape index (κ3) is 3.90. The van der Waals surface area contributed by atoms with Gasteiger partial charge in [-0.05, 0) is 48.7 Å². The Hall–Kier alpha value is -3.10. The molecule has 150 valence electrons. The maximum Gasteiger partial charge on any atom is 0.322 e. The largest absolute Gasteiger partial charge is 0.361 e. The molecule has 3 aromatic rings. The molecule has 1 aliphatic rings. The van der Waals surface area contributed by atoms with E-state index in [1.807, 2.05) is 12.3 Å². The van der Waals surface area contributed by atoms with Gasteiger partial charge in [0.1, 0.15) is 0 Å². The summed E-state index contributed by atoms with van der Waals surface area (Å²) in [5, 5.41) is 9.11. The van der Waals surface area contributed by atoms with E-state index in [2.05, 4.69) is 35.4 Å². The summed E-state index contributed by atoms with van der Waals surface area (Å²) in [5.41, 5.74) is 5.11.